The minimum absolute atomic E-state index is 0.373. The number of primary amides is 1. The number of rotatable bonds is 2. The zero-order valence-electron chi connectivity index (χ0n) is 16.3. The third-order valence-electron chi connectivity index (χ3n) is 6.71. The van der Waals surface area contributed by atoms with Crippen molar-refractivity contribution in [3.8, 4) is 0 Å². The van der Waals surface area contributed by atoms with Gasteiger partial charge < -0.3 is 20.0 Å². The highest BCUT2D eigenvalue weighted by atomic mass is 16.5. The summed E-state index contributed by atoms with van der Waals surface area (Å²) in [7, 11) is 0. The summed E-state index contributed by atoms with van der Waals surface area (Å²) in [4.78, 5) is 16.9. The number of fused-ring (bicyclic) bond motifs is 5. The van der Waals surface area contributed by atoms with Crippen molar-refractivity contribution >= 4 is 39.3 Å². The van der Waals surface area contributed by atoms with E-state index in [1.165, 1.54) is 0 Å². The zero-order valence-corrected chi connectivity index (χ0v) is 16.3. The molecule has 6 nitrogen and oxygen atoms in total. The van der Waals surface area contributed by atoms with Gasteiger partial charge in [-0.3, -0.25) is 4.79 Å². The van der Waals surface area contributed by atoms with E-state index in [0.29, 0.717) is 12.8 Å². The number of para-hydroxylation sites is 1. The normalized spacial score (nSPS) is 25.6. The number of carbonyl (C=O) groups excluding carboxylic acids is 1. The molecule has 3 N–H and O–H groups in total. The fraction of sp³-hybridized carbons (Fsp3) is 0.250. The Balaban J connectivity index is 1.54. The third-order valence-corrected chi connectivity index (χ3v) is 6.71. The van der Waals surface area contributed by atoms with Crippen molar-refractivity contribution in [2.24, 2.45) is 11.7 Å². The molecular weight excluding hydrogens is 378 g/mol. The molecule has 1 fully saturated rings. The van der Waals surface area contributed by atoms with Gasteiger partial charge in [-0.1, -0.05) is 18.2 Å². The van der Waals surface area contributed by atoms with Crippen molar-refractivity contribution < 1.29 is 14.6 Å². The smallest absolute Gasteiger partial charge is 0.249 e. The van der Waals surface area contributed by atoms with Gasteiger partial charge in [0.15, 0.2) is 0 Å². The summed E-state index contributed by atoms with van der Waals surface area (Å²) in [6.07, 6.45) is 9.05. The van der Waals surface area contributed by atoms with Gasteiger partial charge >= 0.3 is 0 Å². The molecule has 0 spiro atoms. The van der Waals surface area contributed by atoms with Crippen LogP contribution >= 0.6 is 0 Å². The van der Waals surface area contributed by atoms with E-state index >= 15 is 0 Å². The predicted octanol–water partition coefficient (Wildman–Crippen LogP) is 3.70. The maximum absolute atomic E-state index is 12.0. The topological polar surface area (TPSA) is 89.9 Å². The molecule has 3 aromatic heterocycles. The number of nitrogens with two attached hydrogens (primary N) is 1. The fourth-order valence-corrected chi connectivity index (χ4v) is 5.17. The first kappa shape index (κ1) is 17.5. The number of carbonyl (C=O) groups is 1. The highest BCUT2D eigenvalue weighted by molar-refractivity contribution is 6.01. The van der Waals surface area contributed by atoms with Gasteiger partial charge in [0.25, 0.3) is 0 Å². The number of benzene rings is 1. The van der Waals surface area contributed by atoms with Crippen LogP contribution in [0.5, 0.6) is 0 Å². The molecule has 0 bridgehead atoms. The monoisotopic (exact) mass is 399 g/mol. The average Bonchev–Trinajstić information content (AvgIpc) is 3.30. The first-order valence-electron chi connectivity index (χ1n) is 10.2. The van der Waals surface area contributed by atoms with Crippen molar-refractivity contribution in [3.05, 3.63) is 66.2 Å². The van der Waals surface area contributed by atoms with Crippen molar-refractivity contribution in [2.45, 2.75) is 31.0 Å². The second kappa shape index (κ2) is 6.06. The Labute approximate surface area is 172 Å². The predicted molar refractivity (Wildman–Crippen MR) is 115 cm³/mol. The summed E-state index contributed by atoms with van der Waals surface area (Å²) in [5.41, 5.74) is 8.90. The molecule has 0 saturated heterocycles. The molecule has 1 saturated carbocycles. The van der Waals surface area contributed by atoms with Crippen LogP contribution in [0.25, 0.3) is 33.4 Å². The summed E-state index contributed by atoms with van der Waals surface area (Å²) in [5, 5.41) is 13.1. The van der Waals surface area contributed by atoms with Gasteiger partial charge in [-0.15, -0.1) is 0 Å². The fourth-order valence-electron chi connectivity index (χ4n) is 5.17. The van der Waals surface area contributed by atoms with E-state index in [0.717, 1.165) is 44.9 Å². The summed E-state index contributed by atoms with van der Waals surface area (Å²) in [6.45, 7) is 0. The highest BCUT2D eigenvalue weighted by Crippen LogP contribution is 2.47. The molecular formula is C24H21N3O3. The number of nitrogens with zero attached hydrogens (tertiary/aromatic N) is 2. The van der Waals surface area contributed by atoms with Crippen molar-refractivity contribution in [3.63, 3.8) is 0 Å². The molecule has 0 radical (unpaired) electrons. The molecule has 4 aromatic rings. The summed E-state index contributed by atoms with van der Waals surface area (Å²) >= 11 is 0. The van der Waals surface area contributed by atoms with Crippen LogP contribution in [0.2, 0.25) is 0 Å². The van der Waals surface area contributed by atoms with Crippen molar-refractivity contribution in [2.75, 3.05) is 0 Å². The molecule has 30 heavy (non-hydrogen) atoms. The average molecular weight is 399 g/mol. The van der Waals surface area contributed by atoms with E-state index in [1.807, 2.05) is 30.5 Å². The largest absolute Gasteiger partial charge is 0.493 e. The van der Waals surface area contributed by atoms with Gasteiger partial charge in [-0.2, -0.15) is 0 Å². The lowest BCUT2D eigenvalue weighted by atomic mass is 9.81. The Bertz CT molecular complexity index is 1370. The highest BCUT2D eigenvalue weighted by Gasteiger charge is 2.51. The van der Waals surface area contributed by atoms with Crippen molar-refractivity contribution in [1.82, 2.24) is 9.38 Å². The van der Waals surface area contributed by atoms with Crippen LogP contribution in [0.3, 0.4) is 0 Å². The lowest BCUT2D eigenvalue weighted by Gasteiger charge is -2.35. The van der Waals surface area contributed by atoms with Crippen LogP contribution in [0.15, 0.2) is 55.1 Å². The molecule has 1 aliphatic carbocycles. The Hall–Kier alpha value is -3.38. The molecule has 6 rings (SSSR count). The van der Waals surface area contributed by atoms with Crippen LogP contribution < -0.4 is 5.73 Å². The van der Waals surface area contributed by atoms with Gasteiger partial charge in [-0.05, 0) is 49.1 Å². The van der Waals surface area contributed by atoms with E-state index < -0.39 is 17.6 Å². The maximum atomic E-state index is 12.0. The number of amides is 1. The minimum Gasteiger partial charge on any atom is -0.493 e. The lowest BCUT2D eigenvalue weighted by molar-refractivity contribution is -0.145. The van der Waals surface area contributed by atoms with E-state index in [9.17, 15) is 9.90 Å². The number of aliphatic hydroxyl groups is 1. The molecule has 150 valence electrons. The Kier molecular flexibility index (Phi) is 3.53. The second-order valence-electron chi connectivity index (χ2n) is 8.37. The number of hydrogen-bond acceptors (Lipinski definition) is 4. The van der Waals surface area contributed by atoms with Crippen LogP contribution in [0, 0.1) is 5.92 Å². The first-order chi connectivity index (χ1) is 14.5. The lowest BCUT2D eigenvalue weighted by Crippen LogP contribution is -2.49. The Morgan fingerprint density at radius 1 is 1.23 bits per heavy atom. The maximum Gasteiger partial charge on any atom is 0.249 e. The van der Waals surface area contributed by atoms with Gasteiger partial charge in [0.05, 0.1) is 22.8 Å². The molecule has 3 unspecified atom stereocenters. The van der Waals surface area contributed by atoms with Gasteiger partial charge in [0.1, 0.15) is 11.7 Å². The van der Waals surface area contributed by atoms with Crippen molar-refractivity contribution in [1.29, 1.82) is 0 Å². The SMILES string of the molecule is NC(=O)C1(O)CCCC1C1OC=Cc2cc3c4nc5ccccc5cc4cn3cc21. The molecule has 1 amide bonds. The van der Waals surface area contributed by atoms with Gasteiger partial charge in [0, 0.05) is 34.6 Å². The molecule has 1 aromatic carbocycles. The molecule has 3 atom stereocenters. The standard InChI is InChI=1S/C24H21N3O3/c25-23(28)24(29)8-3-5-18(24)22-17-13-27-12-16-10-15-4-1-2-6-19(15)26-21(16)20(27)11-14(17)7-9-30-22/h1-2,4,6-7,9-13,18,22,29H,3,5,8H2,(H2,25,28). The van der Waals surface area contributed by atoms with Crippen LogP contribution in [-0.4, -0.2) is 26.0 Å². The summed E-state index contributed by atoms with van der Waals surface area (Å²) < 4.78 is 8.00. The van der Waals surface area contributed by atoms with Gasteiger partial charge in [-0.25, -0.2) is 4.98 Å². The molecule has 2 aliphatic rings. The molecule has 1 aliphatic heterocycles. The summed E-state index contributed by atoms with van der Waals surface area (Å²) in [5.74, 6) is -1.05. The third kappa shape index (κ3) is 2.34. The van der Waals surface area contributed by atoms with E-state index in [1.54, 1.807) is 6.26 Å². The van der Waals surface area contributed by atoms with Gasteiger partial charge in [0.2, 0.25) is 5.91 Å². The first-order valence-corrected chi connectivity index (χ1v) is 10.2. The number of ether oxygens (including phenoxy) is 1. The second-order valence-corrected chi connectivity index (χ2v) is 8.37. The zero-order chi connectivity index (χ0) is 20.5. The van der Waals surface area contributed by atoms with E-state index in [2.05, 4.69) is 28.8 Å². The van der Waals surface area contributed by atoms with Crippen LogP contribution in [0.1, 0.15) is 36.5 Å². The Morgan fingerprint density at radius 3 is 2.97 bits per heavy atom. The van der Waals surface area contributed by atoms with E-state index in [4.69, 9.17) is 15.5 Å². The number of hydrogen-bond donors (Lipinski definition) is 2. The molecule has 6 heteroatoms. The Morgan fingerprint density at radius 2 is 2.10 bits per heavy atom. The van der Waals surface area contributed by atoms with Crippen LogP contribution in [0.4, 0.5) is 0 Å². The molecule has 4 heterocycles. The number of pyridine rings is 2. The van der Waals surface area contributed by atoms with Crippen LogP contribution in [-0.2, 0) is 9.53 Å². The number of aromatic nitrogens is 2. The van der Waals surface area contributed by atoms with E-state index in [-0.39, 0.29) is 5.92 Å². The minimum atomic E-state index is -1.54. The summed E-state index contributed by atoms with van der Waals surface area (Å²) in [6, 6.07) is 12.3. The quantitative estimate of drug-likeness (QED) is 0.538.